The largest absolute Gasteiger partial charge is 0.474 e. The van der Waals surface area contributed by atoms with Gasteiger partial charge in [-0.25, -0.2) is 15.0 Å². The van der Waals surface area contributed by atoms with E-state index in [0.29, 0.717) is 23.0 Å². The molecule has 0 radical (unpaired) electrons. The molecule has 1 aromatic carbocycles. The Balaban J connectivity index is 1.35. The van der Waals surface area contributed by atoms with Crippen LogP contribution in [0.15, 0.2) is 54.9 Å². The highest BCUT2D eigenvalue weighted by Gasteiger charge is 2.24. The molecule has 1 saturated carbocycles. The van der Waals surface area contributed by atoms with E-state index in [1.165, 1.54) is 0 Å². The number of amides is 2. The van der Waals surface area contributed by atoms with Crippen LogP contribution in [-0.4, -0.2) is 57.9 Å². The van der Waals surface area contributed by atoms with E-state index in [1.807, 2.05) is 18.2 Å². The molecule has 4 rings (SSSR count). The molecule has 0 bridgehead atoms. The molecule has 9 nitrogen and oxygen atoms in total. The number of primary amides is 1. The van der Waals surface area contributed by atoms with Gasteiger partial charge >= 0.3 is 0 Å². The van der Waals surface area contributed by atoms with E-state index < -0.39 is 5.91 Å². The van der Waals surface area contributed by atoms with Crippen molar-refractivity contribution in [2.45, 2.75) is 37.8 Å². The molecule has 2 amide bonds. The summed E-state index contributed by atoms with van der Waals surface area (Å²) in [6.07, 6.45) is 6.66. The molecule has 176 valence electrons. The summed E-state index contributed by atoms with van der Waals surface area (Å²) in [4.78, 5) is 38.4. The lowest BCUT2D eigenvalue weighted by Gasteiger charge is -2.29. The third-order valence-corrected chi connectivity index (χ3v) is 5.81. The quantitative estimate of drug-likeness (QED) is 0.555. The Bertz CT molecular complexity index is 1160. The summed E-state index contributed by atoms with van der Waals surface area (Å²) >= 11 is 0. The Kier molecular flexibility index (Phi) is 7.01. The average molecular weight is 461 g/mol. The summed E-state index contributed by atoms with van der Waals surface area (Å²) in [5, 5.41) is 3.42. The van der Waals surface area contributed by atoms with E-state index >= 15 is 0 Å². The van der Waals surface area contributed by atoms with Gasteiger partial charge in [-0.05, 0) is 56.0 Å². The summed E-state index contributed by atoms with van der Waals surface area (Å²) in [5.41, 5.74) is 8.05. The highest BCUT2D eigenvalue weighted by Crippen LogP contribution is 2.26. The third-order valence-electron chi connectivity index (χ3n) is 5.81. The van der Waals surface area contributed by atoms with Gasteiger partial charge in [0, 0.05) is 43.7 Å². The zero-order valence-corrected chi connectivity index (χ0v) is 19.3. The van der Waals surface area contributed by atoms with Crippen LogP contribution in [0.25, 0.3) is 11.3 Å². The van der Waals surface area contributed by atoms with Gasteiger partial charge in [0.25, 0.3) is 11.8 Å². The molecule has 0 spiro atoms. The normalized spacial score (nSPS) is 17.6. The number of carbonyl (C=O) groups is 2. The smallest absolute Gasteiger partial charge is 0.254 e. The van der Waals surface area contributed by atoms with Crippen LogP contribution in [0.3, 0.4) is 0 Å². The van der Waals surface area contributed by atoms with Gasteiger partial charge in [-0.1, -0.05) is 12.1 Å². The molecule has 0 unspecified atom stereocenters. The van der Waals surface area contributed by atoms with Crippen LogP contribution in [0.2, 0.25) is 0 Å². The Morgan fingerprint density at radius 2 is 1.74 bits per heavy atom. The second kappa shape index (κ2) is 10.3. The molecular weight excluding hydrogens is 432 g/mol. The van der Waals surface area contributed by atoms with Gasteiger partial charge in [0.2, 0.25) is 11.8 Å². The minimum atomic E-state index is -0.547. The van der Waals surface area contributed by atoms with Crippen molar-refractivity contribution in [3.8, 4) is 17.1 Å². The number of nitrogens with zero attached hydrogens (tertiary/aromatic N) is 4. The molecule has 1 aliphatic rings. The predicted molar refractivity (Wildman–Crippen MR) is 129 cm³/mol. The molecule has 1 fully saturated rings. The molecule has 1 aliphatic carbocycles. The molecule has 0 aliphatic heterocycles. The van der Waals surface area contributed by atoms with Gasteiger partial charge in [-0.3, -0.25) is 9.59 Å². The van der Waals surface area contributed by atoms with Gasteiger partial charge in [-0.2, -0.15) is 0 Å². The fourth-order valence-corrected chi connectivity index (χ4v) is 3.97. The maximum absolute atomic E-state index is 12.1. The van der Waals surface area contributed by atoms with Crippen LogP contribution in [0.1, 0.15) is 46.4 Å². The van der Waals surface area contributed by atoms with Crippen LogP contribution >= 0.6 is 0 Å². The van der Waals surface area contributed by atoms with Crippen molar-refractivity contribution in [3.05, 3.63) is 66.0 Å². The Morgan fingerprint density at radius 3 is 2.41 bits per heavy atom. The lowest BCUT2D eigenvalue weighted by molar-refractivity contribution is 0.0827. The molecule has 3 aromatic rings. The van der Waals surface area contributed by atoms with Gasteiger partial charge in [0.1, 0.15) is 11.7 Å². The first kappa shape index (κ1) is 23.2. The zero-order valence-electron chi connectivity index (χ0n) is 19.3. The SMILES string of the molecule is CN(C)C(=O)c1ccc(-c2ccnc(NC3CCC(Oc4ncccc4C(N)=O)CC3)n2)cc1. The number of carbonyl (C=O) groups excluding carboxylic acids is 2. The van der Waals surface area contributed by atoms with Crippen molar-refractivity contribution in [2.75, 3.05) is 19.4 Å². The molecule has 3 N–H and O–H groups in total. The Hall–Kier alpha value is -4.01. The van der Waals surface area contributed by atoms with Crippen LogP contribution in [-0.2, 0) is 0 Å². The molecule has 0 saturated heterocycles. The van der Waals surface area contributed by atoms with Crippen LogP contribution in [0.4, 0.5) is 5.95 Å². The minimum absolute atomic E-state index is 0.0262. The second-order valence-corrected chi connectivity index (χ2v) is 8.50. The van der Waals surface area contributed by atoms with Crippen molar-refractivity contribution < 1.29 is 14.3 Å². The van der Waals surface area contributed by atoms with Crippen molar-refractivity contribution in [3.63, 3.8) is 0 Å². The molecule has 0 atom stereocenters. The van der Waals surface area contributed by atoms with Crippen molar-refractivity contribution in [2.24, 2.45) is 5.73 Å². The topological polar surface area (TPSA) is 123 Å². The lowest BCUT2D eigenvalue weighted by Crippen LogP contribution is -2.32. The number of hydrogen-bond donors (Lipinski definition) is 2. The number of anilines is 1. The first-order chi connectivity index (χ1) is 16.4. The molecule has 2 aromatic heterocycles. The van der Waals surface area contributed by atoms with Gasteiger partial charge in [0.15, 0.2) is 0 Å². The van der Waals surface area contributed by atoms with Crippen molar-refractivity contribution >= 4 is 17.8 Å². The molecular formula is C25H28N6O3. The van der Waals surface area contributed by atoms with E-state index in [0.717, 1.165) is 36.9 Å². The van der Waals surface area contributed by atoms with E-state index in [-0.39, 0.29) is 18.1 Å². The summed E-state index contributed by atoms with van der Waals surface area (Å²) in [6, 6.07) is 12.7. The maximum Gasteiger partial charge on any atom is 0.254 e. The summed E-state index contributed by atoms with van der Waals surface area (Å²) in [5.74, 6) is 0.274. The number of rotatable bonds is 7. The van der Waals surface area contributed by atoms with E-state index in [2.05, 4.69) is 20.3 Å². The lowest BCUT2D eigenvalue weighted by atomic mass is 9.93. The van der Waals surface area contributed by atoms with Crippen LogP contribution in [0.5, 0.6) is 5.88 Å². The van der Waals surface area contributed by atoms with Crippen molar-refractivity contribution in [1.82, 2.24) is 19.9 Å². The Morgan fingerprint density at radius 1 is 1.00 bits per heavy atom. The van der Waals surface area contributed by atoms with Crippen LogP contribution in [0, 0.1) is 0 Å². The van der Waals surface area contributed by atoms with E-state index in [1.54, 1.807) is 55.7 Å². The molecule has 34 heavy (non-hydrogen) atoms. The fourth-order valence-electron chi connectivity index (χ4n) is 3.97. The van der Waals surface area contributed by atoms with Gasteiger partial charge < -0.3 is 20.7 Å². The van der Waals surface area contributed by atoms with Gasteiger partial charge in [-0.15, -0.1) is 0 Å². The summed E-state index contributed by atoms with van der Waals surface area (Å²) in [6.45, 7) is 0. The van der Waals surface area contributed by atoms with Crippen molar-refractivity contribution in [1.29, 1.82) is 0 Å². The fraction of sp³-hybridized carbons (Fsp3) is 0.320. The van der Waals surface area contributed by atoms with Gasteiger partial charge in [0.05, 0.1) is 5.69 Å². The number of pyridine rings is 1. The Labute approximate surface area is 198 Å². The number of nitrogens with two attached hydrogens (primary N) is 1. The molecule has 9 heteroatoms. The van der Waals surface area contributed by atoms with E-state index in [9.17, 15) is 9.59 Å². The first-order valence-corrected chi connectivity index (χ1v) is 11.2. The average Bonchev–Trinajstić information content (AvgIpc) is 2.85. The maximum atomic E-state index is 12.1. The van der Waals surface area contributed by atoms with E-state index in [4.69, 9.17) is 10.5 Å². The monoisotopic (exact) mass is 460 g/mol. The predicted octanol–water partition coefficient (Wildman–Crippen LogP) is 3.14. The standard InChI is InChI=1S/C25H28N6O3/c1-31(2)24(33)17-7-5-16(6-8-17)21-13-15-28-25(30-21)29-18-9-11-19(12-10-18)34-23-20(22(26)32)4-3-14-27-23/h3-8,13-15,18-19H,9-12H2,1-2H3,(H2,26,32)(H,28,29,30). The number of hydrogen-bond acceptors (Lipinski definition) is 7. The number of benzene rings is 1. The molecule has 2 heterocycles. The summed E-state index contributed by atoms with van der Waals surface area (Å²) in [7, 11) is 3.46. The summed E-state index contributed by atoms with van der Waals surface area (Å²) < 4.78 is 5.97. The number of nitrogens with one attached hydrogen (secondary N) is 1. The number of aromatic nitrogens is 3. The zero-order chi connectivity index (χ0) is 24.1. The first-order valence-electron chi connectivity index (χ1n) is 11.2. The van der Waals surface area contributed by atoms with Crippen LogP contribution < -0.4 is 15.8 Å². The highest BCUT2D eigenvalue weighted by molar-refractivity contribution is 5.95. The second-order valence-electron chi connectivity index (χ2n) is 8.50. The third kappa shape index (κ3) is 5.48. The minimum Gasteiger partial charge on any atom is -0.474 e. The highest BCUT2D eigenvalue weighted by atomic mass is 16.5. The number of ether oxygens (including phenoxy) is 1.